The summed E-state index contributed by atoms with van der Waals surface area (Å²) in [5, 5.41) is 10.8. The minimum Gasteiger partial charge on any atom is -0.278 e. The van der Waals surface area contributed by atoms with E-state index in [1.807, 2.05) is 30.3 Å². The third-order valence-electron chi connectivity index (χ3n) is 3.95. The van der Waals surface area contributed by atoms with Gasteiger partial charge in [-0.25, -0.2) is 0 Å². The van der Waals surface area contributed by atoms with E-state index in [9.17, 15) is 19.7 Å². The molecule has 0 saturated carbocycles. The van der Waals surface area contributed by atoms with E-state index < -0.39 is 10.8 Å². The van der Waals surface area contributed by atoms with Crippen LogP contribution in [0.15, 0.2) is 54.6 Å². The Hall–Kier alpha value is -3.02. The summed E-state index contributed by atoms with van der Waals surface area (Å²) in [7, 11) is 0. The number of nitro groups is 1. The van der Waals surface area contributed by atoms with Gasteiger partial charge in [-0.1, -0.05) is 36.4 Å². The van der Waals surface area contributed by atoms with Gasteiger partial charge in [0.25, 0.3) is 11.6 Å². The van der Waals surface area contributed by atoms with Crippen LogP contribution in [0.4, 0.5) is 5.69 Å². The maximum Gasteiger partial charge on any atom is 0.270 e. The van der Waals surface area contributed by atoms with Crippen LogP contribution in [-0.4, -0.2) is 28.2 Å². The molecule has 3 rings (SSSR count). The molecule has 1 fully saturated rings. The van der Waals surface area contributed by atoms with E-state index in [1.165, 1.54) is 29.2 Å². The Balaban J connectivity index is 1.82. The van der Waals surface area contributed by atoms with Crippen molar-refractivity contribution in [3.63, 3.8) is 0 Å². The molecule has 0 spiro atoms. The van der Waals surface area contributed by atoms with Gasteiger partial charge in [-0.15, -0.1) is 0 Å². The monoisotopic (exact) mass is 310 g/mol. The summed E-state index contributed by atoms with van der Waals surface area (Å²) in [6.45, 7) is 0.296. The zero-order valence-electron chi connectivity index (χ0n) is 12.2. The van der Waals surface area contributed by atoms with Crippen molar-refractivity contribution in [1.82, 2.24) is 4.90 Å². The lowest BCUT2D eigenvalue weighted by molar-refractivity contribution is -0.384. The molecule has 116 valence electrons. The van der Waals surface area contributed by atoms with Gasteiger partial charge in [-0.3, -0.25) is 24.6 Å². The van der Waals surface area contributed by atoms with Gasteiger partial charge < -0.3 is 0 Å². The van der Waals surface area contributed by atoms with Gasteiger partial charge in [0.1, 0.15) is 0 Å². The number of hydrogen-bond acceptors (Lipinski definition) is 4. The fourth-order valence-electron chi connectivity index (χ4n) is 2.76. The first-order valence-electron chi connectivity index (χ1n) is 7.20. The van der Waals surface area contributed by atoms with E-state index in [0.29, 0.717) is 6.54 Å². The molecule has 2 amide bonds. The van der Waals surface area contributed by atoms with Crippen LogP contribution in [0.3, 0.4) is 0 Å². The van der Waals surface area contributed by atoms with E-state index in [4.69, 9.17) is 0 Å². The number of carbonyl (C=O) groups excluding carboxylic acids is 2. The highest BCUT2D eigenvalue weighted by atomic mass is 16.6. The predicted octanol–water partition coefficient (Wildman–Crippen LogP) is 2.75. The van der Waals surface area contributed by atoms with Crippen molar-refractivity contribution >= 4 is 17.5 Å². The predicted molar refractivity (Wildman–Crippen MR) is 82.9 cm³/mol. The van der Waals surface area contributed by atoms with Crippen LogP contribution in [0, 0.1) is 10.1 Å². The number of non-ortho nitro benzene ring substituents is 1. The Morgan fingerprint density at radius 1 is 1.13 bits per heavy atom. The van der Waals surface area contributed by atoms with Crippen LogP contribution in [-0.2, 0) is 4.79 Å². The zero-order valence-corrected chi connectivity index (χ0v) is 12.2. The lowest BCUT2D eigenvalue weighted by Crippen LogP contribution is -2.32. The van der Waals surface area contributed by atoms with Crippen LogP contribution in [0.25, 0.3) is 0 Å². The topological polar surface area (TPSA) is 80.5 Å². The van der Waals surface area contributed by atoms with Crippen LogP contribution < -0.4 is 0 Å². The van der Waals surface area contributed by atoms with Gasteiger partial charge in [0.15, 0.2) is 0 Å². The molecule has 6 heteroatoms. The van der Waals surface area contributed by atoms with Gasteiger partial charge in [0, 0.05) is 36.6 Å². The molecule has 0 aliphatic carbocycles. The SMILES string of the molecule is O=C1C[C@@H](c2ccccc2)CN1C(=O)c1cccc([N+](=O)[O-])c1. The molecule has 1 aliphatic heterocycles. The Bertz CT molecular complexity index is 773. The fourth-order valence-corrected chi connectivity index (χ4v) is 2.76. The molecular formula is C17H14N2O4. The summed E-state index contributed by atoms with van der Waals surface area (Å²) in [5.74, 6) is -0.779. The summed E-state index contributed by atoms with van der Waals surface area (Å²) in [6.07, 6.45) is 0.269. The molecule has 2 aromatic rings. The molecule has 0 N–H and O–H groups in total. The lowest BCUT2D eigenvalue weighted by atomic mass is 9.98. The van der Waals surface area contributed by atoms with E-state index in [-0.39, 0.29) is 29.5 Å². The molecule has 0 bridgehead atoms. The third-order valence-corrected chi connectivity index (χ3v) is 3.95. The summed E-state index contributed by atoms with van der Waals surface area (Å²) in [4.78, 5) is 36.1. The second-order valence-corrected chi connectivity index (χ2v) is 5.43. The highest BCUT2D eigenvalue weighted by molar-refractivity contribution is 6.06. The first kappa shape index (κ1) is 14.9. The number of likely N-dealkylation sites (tertiary alicyclic amines) is 1. The van der Waals surface area contributed by atoms with Crippen molar-refractivity contribution in [3.05, 3.63) is 75.8 Å². The average molecular weight is 310 g/mol. The Morgan fingerprint density at radius 3 is 2.57 bits per heavy atom. The maximum absolute atomic E-state index is 12.5. The number of amides is 2. The van der Waals surface area contributed by atoms with Crippen molar-refractivity contribution in [2.75, 3.05) is 6.54 Å². The first-order chi connectivity index (χ1) is 11.1. The van der Waals surface area contributed by atoms with E-state index >= 15 is 0 Å². The van der Waals surface area contributed by atoms with Crippen molar-refractivity contribution in [3.8, 4) is 0 Å². The largest absolute Gasteiger partial charge is 0.278 e. The summed E-state index contributed by atoms with van der Waals surface area (Å²) >= 11 is 0. The van der Waals surface area contributed by atoms with Crippen molar-refractivity contribution in [2.45, 2.75) is 12.3 Å². The molecule has 0 aromatic heterocycles. The molecule has 1 saturated heterocycles. The molecule has 1 heterocycles. The van der Waals surface area contributed by atoms with E-state index in [1.54, 1.807) is 0 Å². The molecule has 1 atom stereocenters. The molecule has 23 heavy (non-hydrogen) atoms. The Morgan fingerprint density at radius 2 is 1.87 bits per heavy atom. The smallest absolute Gasteiger partial charge is 0.270 e. The molecule has 6 nitrogen and oxygen atoms in total. The van der Waals surface area contributed by atoms with E-state index in [2.05, 4.69) is 0 Å². The maximum atomic E-state index is 12.5. The quantitative estimate of drug-likeness (QED) is 0.496. The van der Waals surface area contributed by atoms with Gasteiger partial charge in [-0.2, -0.15) is 0 Å². The van der Waals surface area contributed by atoms with E-state index in [0.717, 1.165) is 5.56 Å². The zero-order chi connectivity index (χ0) is 16.4. The summed E-state index contributed by atoms with van der Waals surface area (Å²) < 4.78 is 0. The normalized spacial score (nSPS) is 17.3. The Kier molecular flexibility index (Phi) is 3.89. The number of benzene rings is 2. The molecule has 0 unspecified atom stereocenters. The molecule has 0 radical (unpaired) electrons. The number of carbonyl (C=O) groups is 2. The standard InChI is InChI=1S/C17H14N2O4/c20-16-10-14(12-5-2-1-3-6-12)11-18(16)17(21)13-7-4-8-15(9-13)19(22)23/h1-9,14H,10-11H2/t14-/m1/s1. The fraction of sp³-hybridized carbons (Fsp3) is 0.176. The number of rotatable bonds is 3. The van der Waals surface area contributed by atoms with Crippen molar-refractivity contribution < 1.29 is 14.5 Å². The third kappa shape index (κ3) is 2.96. The lowest BCUT2D eigenvalue weighted by Gasteiger charge is -2.15. The van der Waals surface area contributed by atoms with Crippen molar-refractivity contribution in [1.29, 1.82) is 0 Å². The second-order valence-electron chi connectivity index (χ2n) is 5.43. The number of nitrogens with zero attached hydrogens (tertiary/aromatic N) is 2. The van der Waals surface area contributed by atoms with Crippen LogP contribution in [0.2, 0.25) is 0 Å². The average Bonchev–Trinajstić information content (AvgIpc) is 2.97. The van der Waals surface area contributed by atoms with Gasteiger partial charge in [-0.05, 0) is 11.6 Å². The first-order valence-corrected chi connectivity index (χ1v) is 7.20. The molecule has 1 aliphatic rings. The summed E-state index contributed by atoms with van der Waals surface area (Å²) in [6, 6.07) is 15.0. The summed E-state index contributed by atoms with van der Waals surface area (Å²) in [5.41, 5.74) is 0.999. The molecular weight excluding hydrogens is 296 g/mol. The van der Waals surface area contributed by atoms with Crippen LogP contribution in [0.5, 0.6) is 0 Å². The number of nitro benzene ring substituents is 1. The van der Waals surface area contributed by atoms with Crippen molar-refractivity contribution in [2.24, 2.45) is 0 Å². The number of hydrogen-bond donors (Lipinski definition) is 0. The Labute approximate surface area is 132 Å². The van der Waals surface area contributed by atoms with Crippen LogP contribution >= 0.6 is 0 Å². The van der Waals surface area contributed by atoms with Gasteiger partial charge in [0.2, 0.25) is 5.91 Å². The highest BCUT2D eigenvalue weighted by Gasteiger charge is 2.35. The van der Waals surface area contributed by atoms with Gasteiger partial charge >= 0.3 is 0 Å². The highest BCUT2D eigenvalue weighted by Crippen LogP contribution is 2.29. The second kappa shape index (κ2) is 6.00. The van der Waals surface area contributed by atoms with Gasteiger partial charge in [0.05, 0.1) is 4.92 Å². The minimum atomic E-state index is -0.560. The molecule has 2 aromatic carbocycles. The number of imide groups is 1. The van der Waals surface area contributed by atoms with Crippen LogP contribution in [0.1, 0.15) is 28.3 Å². The minimum absolute atomic E-state index is 0.0358.